The molecule has 150 valence electrons. The second-order valence-electron chi connectivity index (χ2n) is 7.98. The molecule has 2 amide bonds. The second kappa shape index (κ2) is 7.83. The summed E-state index contributed by atoms with van der Waals surface area (Å²) in [6, 6.07) is 14.7. The van der Waals surface area contributed by atoms with Crippen LogP contribution in [0, 0.1) is 0 Å². The monoisotopic (exact) mass is 401 g/mol. The van der Waals surface area contributed by atoms with Crippen LogP contribution in [0.2, 0.25) is 0 Å². The van der Waals surface area contributed by atoms with E-state index in [1.54, 1.807) is 0 Å². The molecule has 1 heterocycles. The average Bonchev–Trinajstić information content (AvgIpc) is 3.06. The molecule has 0 spiro atoms. The highest BCUT2D eigenvalue weighted by Crippen LogP contribution is 2.29. The summed E-state index contributed by atoms with van der Waals surface area (Å²) in [7, 11) is -3.47. The summed E-state index contributed by atoms with van der Waals surface area (Å²) in [6.45, 7) is 6.88. The number of sulfonamides is 1. The molecular weight excluding hydrogens is 374 g/mol. The van der Waals surface area contributed by atoms with E-state index in [1.807, 2.05) is 48.5 Å². The quantitative estimate of drug-likeness (QED) is 0.805. The van der Waals surface area contributed by atoms with Crippen LogP contribution >= 0.6 is 0 Å². The van der Waals surface area contributed by atoms with E-state index in [9.17, 15) is 13.2 Å². The zero-order chi connectivity index (χ0) is 20.4. The molecule has 2 N–H and O–H groups in total. The number of fused-ring (bicyclic) bond motifs is 1. The van der Waals surface area contributed by atoms with E-state index in [0.29, 0.717) is 18.7 Å². The lowest BCUT2D eigenvalue weighted by Crippen LogP contribution is -2.38. The predicted molar refractivity (Wildman–Crippen MR) is 113 cm³/mol. The van der Waals surface area contributed by atoms with E-state index in [0.717, 1.165) is 11.3 Å². The van der Waals surface area contributed by atoms with Crippen molar-refractivity contribution in [2.45, 2.75) is 32.6 Å². The first kappa shape index (κ1) is 20.2. The van der Waals surface area contributed by atoms with Gasteiger partial charge in [0.25, 0.3) is 0 Å². The molecule has 2 aromatic carbocycles. The fraction of sp³-hybridized carbons (Fsp3) is 0.381. The van der Waals surface area contributed by atoms with Gasteiger partial charge in [-0.2, -0.15) is 0 Å². The largest absolute Gasteiger partial charge is 0.337 e. The van der Waals surface area contributed by atoms with Crippen molar-refractivity contribution in [3.8, 4) is 0 Å². The van der Waals surface area contributed by atoms with Crippen molar-refractivity contribution in [1.82, 2.24) is 5.32 Å². The van der Waals surface area contributed by atoms with Gasteiger partial charge >= 0.3 is 6.03 Å². The van der Waals surface area contributed by atoms with Crippen molar-refractivity contribution >= 4 is 27.4 Å². The molecule has 0 aliphatic carbocycles. The molecule has 28 heavy (non-hydrogen) atoms. The van der Waals surface area contributed by atoms with E-state index >= 15 is 0 Å². The van der Waals surface area contributed by atoms with Gasteiger partial charge in [0.05, 0.1) is 11.4 Å². The third-order valence-electron chi connectivity index (χ3n) is 4.83. The Morgan fingerprint density at radius 3 is 2.43 bits per heavy atom. The number of hydrogen-bond donors (Lipinski definition) is 2. The Kier molecular flexibility index (Phi) is 5.65. The second-order valence-corrected chi connectivity index (χ2v) is 9.99. The van der Waals surface area contributed by atoms with Crippen LogP contribution < -0.4 is 14.9 Å². The highest BCUT2D eigenvalue weighted by molar-refractivity contribution is 7.92. The van der Waals surface area contributed by atoms with Crippen LogP contribution in [0.4, 0.5) is 16.2 Å². The number of carbonyl (C=O) groups is 1. The molecule has 0 atom stereocenters. The Bertz CT molecular complexity index is 948. The average molecular weight is 402 g/mol. The molecule has 3 rings (SSSR count). The summed E-state index contributed by atoms with van der Waals surface area (Å²) in [4.78, 5) is 12.1. The van der Waals surface area contributed by atoms with Crippen molar-refractivity contribution < 1.29 is 13.2 Å². The standard InChI is InChI=1S/C21H27N3O3S/c1-21(2,3)17-8-10-18(11-9-17)23-20(25)22-13-15-28(26,27)24-14-12-16-6-4-5-7-19(16)24/h4-11H,12-15H2,1-3H3,(H2,22,23,25). The Hall–Kier alpha value is -2.54. The number of benzene rings is 2. The van der Waals surface area contributed by atoms with Crippen molar-refractivity contribution in [3.63, 3.8) is 0 Å². The molecular formula is C21H27N3O3S. The van der Waals surface area contributed by atoms with Crippen LogP contribution in [0.5, 0.6) is 0 Å². The van der Waals surface area contributed by atoms with Crippen LogP contribution in [-0.2, 0) is 21.9 Å². The summed E-state index contributed by atoms with van der Waals surface area (Å²) < 4.78 is 26.7. The van der Waals surface area contributed by atoms with Crippen molar-refractivity contribution in [1.29, 1.82) is 0 Å². The van der Waals surface area contributed by atoms with Crippen molar-refractivity contribution in [2.75, 3.05) is 28.5 Å². The maximum atomic E-state index is 12.6. The Morgan fingerprint density at radius 1 is 1.07 bits per heavy atom. The van der Waals surface area contributed by atoms with Gasteiger partial charge in [-0.1, -0.05) is 51.1 Å². The Balaban J connectivity index is 1.51. The van der Waals surface area contributed by atoms with Gasteiger partial charge in [0.15, 0.2) is 0 Å². The molecule has 7 heteroatoms. The summed E-state index contributed by atoms with van der Waals surface area (Å²) in [5, 5.41) is 5.36. The highest BCUT2D eigenvalue weighted by Gasteiger charge is 2.28. The SMILES string of the molecule is CC(C)(C)c1ccc(NC(=O)NCCS(=O)(=O)N2CCc3ccccc32)cc1. The lowest BCUT2D eigenvalue weighted by atomic mass is 9.87. The van der Waals surface area contributed by atoms with Gasteiger partial charge in [0.1, 0.15) is 0 Å². The molecule has 1 aliphatic rings. The van der Waals surface area contributed by atoms with E-state index in [2.05, 4.69) is 31.4 Å². The minimum Gasteiger partial charge on any atom is -0.337 e. The van der Waals surface area contributed by atoms with Gasteiger partial charge in [0.2, 0.25) is 10.0 Å². The molecule has 0 unspecified atom stereocenters. The third kappa shape index (κ3) is 4.65. The zero-order valence-electron chi connectivity index (χ0n) is 16.5. The van der Waals surface area contributed by atoms with Crippen LogP contribution in [0.25, 0.3) is 0 Å². The van der Waals surface area contributed by atoms with Crippen LogP contribution in [0.1, 0.15) is 31.9 Å². The van der Waals surface area contributed by atoms with Crippen LogP contribution in [-0.4, -0.2) is 33.3 Å². The number of carbonyl (C=O) groups excluding carboxylic acids is 1. The number of nitrogens with one attached hydrogen (secondary N) is 2. The van der Waals surface area contributed by atoms with E-state index < -0.39 is 16.1 Å². The predicted octanol–water partition coefficient (Wildman–Crippen LogP) is 3.50. The Labute approximate surface area is 167 Å². The van der Waals surface area contributed by atoms with Crippen molar-refractivity contribution in [2.24, 2.45) is 0 Å². The van der Waals surface area contributed by atoms with E-state index in [4.69, 9.17) is 0 Å². The molecule has 2 aromatic rings. The minimum absolute atomic E-state index is 0.0450. The Morgan fingerprint density at radius 2 is 1.75 bits per heavy atom. The van der Waals surface area contributed by atoms with E-state index in [-0.39, 0.29) is 17.7 Å². The zero-order valence-corrected chi connectivity index (χ0v) is 17.3. The summed E-state index contributed by atoms with van der Waals surface area (Å²) in [5.41, 5.74) is 3.67. The molecule has 1 aliphatic heterocycles. The number of urea groups is 1. The third-order valence-corrected chi connectivity index (χ3v) is 6.61. The topological polar surface area (TPSA) is 78.5 Å². The number of para-hydroxylation sites is 1. The first-order valence-corrected chi connectivity index (χ1v) is 11.0. The van der Waals surface area contributed by atoms with Crippen LogP contribution in [0.3, 0.4) is 0 Å². The van der Waals surface area contributed by atoms with Gasteiger partial charge in [-0.15, -0.1) is 0 Å². The number of rotatable bonds is 5. The van der Waals surface area contributed by atoms with E-state index in [1.165, 1.54) is 9.87 Å². The summed E-state index contributed by atoms with van der Waals surface area (Å²) >= 11 is 0. The van der Waals surface area contributed by atoms with Crippen molar-refractivity contribution in [3.05, 3.63) is 59.7 Å². The smallest absolute Gasteiger partial charge is 0.319 e. The first-order chi connectivity index (χ1) is 13.2. The lowest BCUT2D eigenvalue weighted by Gasteiger charge is -2.20. The molecule has 0 aromatic heterocycles. The highest BCUT2D eigenvalue weighted by atomic mass is 32.2. The maximum absolute atomic E-state index is 12.6. The molecule has 0 bridgehead atoms. The van der Waals surface area contributed by atoms with Gasteiger partial charge < -0.3 is 10.6 Å². The number of anilines is 2. The molecule has 0 saturated carbocycles. The summed E-state index contributed by atoms with van der Waals surface area (Å²) in [5.74, 6) is -0.141. The number of hydrogen-bond acceptors (Lipinski definition) is 3. The van der Waals surface area contributed by atoms with Gasteiger partial charge in [-0.05, 0) is 41.2 Å². The lowest BCUT2D eigenvalue weighted by molar-refractivity contribution is 0.252. The fourth-order valence-electron chi connectivity index (χ4n) is 3.23. The molecule has 6 nitrogen and oxygen atoms in total. The van der Waals surface area contributed by atoms with Gasteiger partial charge in [0, 0.05) is 18.8 Å². The maximum Gasteiger partial charge on any atom is 0.319 e. The molecule has 0 fully saturated rings. The number of nitrogens with zero attached hydrogens (tertiary/aromatic N) is 1. The normalized spacial score (nSPS) is 13.9. The van der Waals surface area contributed by atoms with Gasteiger partial charge in [-0.25, -0.2) is 13.2 Å². The summed E-state index contributed by atoms with van der Waals surface area (Å²) in [6.07, 6.45) is 0.716. The fourth-order valence-corrected chi connectivity index (χ4v) is 4.66. The minimum atomic E-state index is -3.47. The first-order valence-electron chi connectivity index (χ1n) is 9.40. The number of amides is 2. The molecule has 0 saturated heterocycles. The van der Waals surface area contributed by atoms with Crippen LogP contribution in [0.15, 0.2) is 48.5 Å². The molecule has 0 radical (unpaired) electrons. The van der Waals surface area contributed by atoms with Gasteiger partial charge in [-0.3, -0.25) is 4.31 Å².